The van der Waals surface area contributed by atoms with Crippen LogP contribution in [0, 0.1) is 0 Å². The molecule has 1 N–H and O–H groups in total. The van der Waals surface area contributed by atoms with Crippen molar-refractivity contribution in [3.8, 4) is 22.8 Å². The van der Waals surface area contributed by atoms with Gasteiger partial charge in [-0.15, -0.1) is 0 Å². The number of ether oxygens (including phenoxy) is 2. The Labute approximate surface area is 133 Å². The first-order chi connectivity index (χ1) is 11.2. The van der Waals surface area contributed by atoms with Crippen LogP contribution in [0.3, 0.4) is 0 Å². The summed E-state index contributed by atoms with van der Waals surface area (Å²) in [6, 6.07) is 7.64. The number of hydrogen-bond acceptors (Lipinski definition) is 4. The molecule has 0 atom stereocenters. The molecule has 0 amide bonds. The number of aromatic nitrogens is 2. The molecular formula is C18H18N2O3. The number of benzene rings is 1. The highest BCUT2D eigenvalue weighted by Crippen LogP contribution is 2.35. The molecule has 5 nitrogen and oxygen atoms in total. The van der Waals surface area contributed by atoms with Crippen LogP contribution in [0.25, 0.3) is 22.0 Å². The number of nitrogens with one attached hydrogen (secondary N) is 1. The number of methoxy groups -OCH3 is 2. The molecule has 5 heteroatoms. The second-order valence-corrected chi connectivity index (χ2v) is 5.19. The lowest BCUT2D eigenvalue weighted by Gasteiger charge is -2.14. The fourth-order valence-electron chi connectivity index (χ4n) is 2.71. The predicted octanol–water partition coefficient (Wildman–Crippen LogP) is 3.17. The number of H-pyrrole nitrogens is 1. The van der Waals surface area contributed by atoms with E-state index in [1.54, 1.807) is 26.6 Å². The monoisotopic (exact) mass is 310 g/mol. The van der Waals surface area contributed by atoms with Crippen molar-refractivity contribution in [2.75, 3.05) is 14.2 Å². The van der Waals surface area contributed by atoms with E-state index in [0.717, 1.165) is 28.6 Å². The van der Waals surface area contributed by atoms with Gasteiger partial charge < -0.3 is 14.5 Å². The molecule has 0 saturated heterocycles. The molecule has 0 aliphatic rings. The number of aryl methyl sites for hydroxylation is 1. The average Bonchev–Trinajstić information content (AvgIpc) is 2.60. The Morgan fingerprint density at radius 2 is 1.87 bits per heavy atom. The molecule has 1 aromatic carbocycles. The van der Waals surface area contributed by atoms with E-state index in [4.69, 9.17) is 9.47 Å². The lowest BCUT2D eigenvalue weighted by molar-refractivity contribution is 0.354. The molecule has 0 radical (unpaired) electrons. The molecule has 0 aliphatic carbocycles. The summed E-state index contributed by atoms with van der Waals surface area (Å²) in [5, 5.41) is 1.44. The van der Waals surface area contributed by atoms with Crippen molar-refractivity contribution in [1.82, 2.24) is 9.97 Å². The van der Waals surface area contributed by atoms with Gasteiger partial charge in [-0.2, -0.15) is 0 Å². The van der Waals surface area contributed by atoms with Crippen LogP contribution >= 0.6 is 0 Å². The van der Waals surface area contributed by atoms with E-state index in [-0.39, 0.29) is 5.56 Å². The summed E-state index contributed by atoms with van der Waals surface area (Å²) in [5.74, 6) is 1.32. The van der Waals surface area contributed by atoms with E-state index >= 15 is 0 Å². The first-order valence-corrected chi connectivity index (χ1v) is 7.40. The van der Waals surface area contributed by atoms with Gasteiger partial charge in [0.05, 0.1) is 19.6 Å². The number of fused-ring (bicyclic) bond motifs is 1. The van der Waals surface area contributed by atoms with Gasteiger partial charge in [-0.1, -0.05) is 6.92 Å². The zero-order valence-electron chi connectivity index (χ0n) is 13.3. The van der Waals surface area contributed by atoms with Crippen molar-refractivity contribution in [2.24, 2.45) is 0 Å². The van der Waals surface area contributed by atoms with Crippen LogP contribution in [0.15, 0.2) is 41.5 Å². The number of nitrogens with zero attached hydrogens (tertiary/aromatic N) is 1. The summed E-state index contributed by atoms with van der Waals surface area (Å²) in [6.07, 6.45) is 4.07. The summed E-state index contributed by atoms with van der Waals surface area (Å²) in [4.78, 5) is 19.2. The van der Waals surface area contributed by atoms with Crippen LogP contribution in [-0.4, -0.2) is 24.2 Å². The first kappa shape index (κ1) is 15.1. The van der Waals surface area contributed by atoms with E-state index in [0.29, 0.717) is 16.9 Å². The van der Waals surface area contributed by atoms with Crippen molar-refractivity contribution in [3.63, 3.8) is 0 Å². The lowest BCUT2D eigenvalue weighted by Crippen LogP contribution is -2.08. The minimum atomic E-state index is -0.151. The molecular weight excluding hydrogens is 292 g/mol. The fourth-order valence-corrected chi connectivity index (χ4v) is 2.71. The van der Waals surface area contributed by atoms with E-state index < -0.39 is 0 Å². The van der Waals surface area contributed by atoms with Crippen LogP contribution in [0.5, 0.6) is 11.5 Å². The second-order valence-electron chi connectivity index (χ2n) is 5.19. The van der Waals surface area contributed by atoms with Crippen molar-refractivity contribution in [1.29, 1.82) is 0 Å². The van der Waals surface area contributed by atoms with Crippen molar-refractivity contribution < 1.29 is 9.47 Å². The Morgan fingerprint density at radius 3 is 2.57 bits per heavy atom. The Hall–Kier alpha value is -2.82. The summed E-state index contributed by atoms with van der Waals surface area (Å²) in [5.41, 5.74) is 2.61. The van der Waals surface area contributed by atoms with Gasteiger partial charge in [0, 0.05) is 23.7 Å². The van der Waals surface area contributed by atoms with Crippen molar-refractivity contribution in [3.05, 3.63) is 52.6 Å². The van der Waals surface area contributed by atoms with Crippen molar-refractivity contribution >= 4 is 10.8 Å². The summed E-state index contributed by atoms with van der Waals surface area (Å²) in [6.45, 7) is 2.06. The molecule has 2 heterocycles. The molecule has 0 saturated carbocycles. The highest BCUT2D eigenvalue weighted by molar-refractivity contribution is 5.85. The molecule has 3 rings (SSSR count). The second kappa shape index (κ2) is 6.12. The lowest BCUT2D eigenvalue weighted by atomic mass is 9.99. The normalized spacial score (nSPS) is 10.7. The maximum atomic E-state index is 12.3. The topological polar surface area (TPSA) is 64.2 Å². The zero-order valence-corrected chi connectivity index (χ0v) is 13.3. The van der Waals surface area contributed by atoms with Gasteiger partial charge in [0.15, 0.2) is 11.5 Å². The minimum Gasteiger partial charge on any atom is -0.493 e. The number of pyridine rings is 2. The number of aromatic amines is 1. The number of hydrogen-bond donors (Lipinski definition) is 1. The maximum absolute atomic E-state index is 12.3. The van der Waals surface area contributed by atoms with Crippen LogP contribution < -0.4 is 15.0 Å². The Bertz CT molecular complexity index is 916. The largest absolute Gasteiger partial charge is 0.493 e. The SMILES string of the molecule is CCc1cc(OC)c(OC)cc1-c1cc2ccncc2c(=O)[nH]1. The molecule has 0 fully saturated rings. The molecule has 0 aliphatic heterocycles. The minimum absolute atomic E-state index is 0.151. The molecule has 0 spiro atoms. The van der Waals surface area contributed by atoms with Gasteiger partial charge in [-0.3, -0.25) is 9.78 Å². The highest BCUT2D eigenvalue weighted by Gasteiger charge is 2.13. The highest BCUT2D eigenvalue weighted by atomic mass is 16.5. The summed E-state index contributed by atoms with van der Waals surface area (Å²) in [7, 11) is 3.21. The molecule has 0 bridgehead atoms. The van der Waals surface area contributed by atoms with Gasteiger partial charge >= 0.3 is 0 Å². The molecule has 118 valence electrons. The van der Waals surface area contributed by atoms with E-state index in [1.807, 2.05) is 24.3 Å². The predicted molar refractivity (Wildman–Crippen MR) is 90.3 cm³/mol. The van der Waals surface area contributed by atoms with E-state index in [9.17, 15) is 4.79 Å². The molecule has 3 aromatic rings. The van der Waals surface area contributed by atoms with Gasteiger partial charge in [-0.25, -0.2) is 0 Å². The van der Waals surface area contributed by atoms with Crippen LogP contribution in [0.2, 0.25) is 0 Å². The van der Waals surface area contributed by atoms with Gasteiger partial charge in [0.25, 0.3) is 5.56 Å². The number of rotatable bonds is 4. The van der Waals surface area contributed by atoms with Crippen molar-refractivity contribution in [2.45, 2.75) is 13.3 Å². The zero-order chi connectivity index (χ0) is 16.4. The summed E-state index contributed by atoms with van der Waals surface area (Å²) >= 11 is 0. The Morgan fingerprint density at radius 1 is 1.13 bits per heavy atom. The fraction of sp³-hybridized carbons (Fsp3) is 0.222. The first-order valence-electron chi connectivity index (χ1n) is 7.40. The van der Waals surface area contributed by atoms with Gasteiger partial charge in [0.2, 0.25) is 0 Å². The smallest absolute Gasteiger partial charge is 0.257 e. The third-order valence-electron chi connectivity index (χ3n) is 3.93. The van der Waals surface area contributed by atoms with Crippen LogP contribution in [0.1, 0.15) is 12.5 Å². The third-order valence-corrected chi connectivity index (χ3v) is 3.93. The van der Waals surface area contributed by atoms with Crippen LogP contribution in [0.4, 0.5) is 0 Å². The standard InChI is InChI=1S/C18H18N2O3/c1-4-11-8-16(22-2)17(23-3)9-13(11)15-7-12-5-6-19-10-14(12)18(21)20-15/h5-10H,4H2,1-3H3,(H,20,21). The van der Waals surface area contributed by atoms with Gasteiger partial charge in [0.1, 0.15) is 0 Å². The maximum Gasteiger partial charge on any atom is 0.257 e. The Kier molecular flexibility index (Phi) is 4.02. The molecule has 2 aromatic heterocycles. The quantitative estimate of drug-likeness (QED) is 0.804. The van der Waals surface area contributed by atoms with Crippen LogP contribution in [-0.2, 0) is 6.42 Å². The molecule has 23 heavy (non-hydrogen) atoms. The van der Waals surface area contributed by atoms with E-state index in [2.05, 4.69) is 16.9 Å². The third kappa shape index (κ3) is 2.65. The Balaban J connectivity index is 2.27. The molecule has 0 unspecified atom stereocenters. The summed E-state index contributed by atoms with van der Waals surface area (Å²) < 4.78 is 10.7. The van der Waals surface area contributed by atoms with E-state index in [1.165, 1.54) is 0 Å². The average molecular weight is 310 g/mol. The van der Waals surface area contributed by atoms with Gasteiger partial charge in [-0.05, 0) is 41.6 Å².